The molecule has 0 N–H and O–H groups in total. The third kappa shape index (κ3) is 3.26. The molecule has 0 saturated heterocycles. The van der Waals surface area contributed by atoms with Crippen LogP contribution in [0, 0.1) is 17.7 Å². The molecule has 3 nitrogen and oxygen atoms in total. The number of hydrogen-bond donors (Lipinski definition) is 0. The van der Waals surface area contributed by atoms with E-state index in [1.807, 2.05) is 0 Å². The van der Waals surface area contributed by atoms with Gasteiger partial charge in [0.25, 0.3) is 5.56 Å². The first kappa shape index (κ1) is 15.1. The summed E-state index contributed by atoms with van der Waals surface area (Å²) in [5.74, 6) is 5.33. The van der Waals surface area contributed by atoms with Gasteiger partial charge in [0.2, 0.25) is 0 Å². The zero-order valence-electron chi connectivity index (χ0n) is 11.6. The lowest BCUT2D eigenvalue weighted by molar-refractivity contribution is 0.368. The largest absolute Gasteiger partial charge is 0.481 e. The van der Waals surface area contributed by atoms with Crippen molar-refractivity contribution in [3.63, 3.8) is 0 Å². The van der Waals surface area contributed by atoms with Crippen molar-refractivity contribution in [3.05, 3.63) is 51.5 Å². The van der Waals surface area contributed by atoms with E-state index >= 15 is 0 Å². The van der Waals surface area contributed by atoms with Gasteiger partial charge in [0.05, 0.1) is 5.69 Å². The first-order chi connectivity index (χ1) is 10.0. The Bertz CT molecular complexity index is 787. The Labute approximate surface area is 126 Å². The van der Waals surface area contributed by atoms with Crippen LogP contribution in [0.25, 0.3) is 11.3 Å². The first-order valence-corrected chi connectivity index (χ1v) is 6.60. The average Bonchev–Trinajstić information content (AvgIpc) is 2.46. The van der Waals surface area contributed by atoms with E-state index in [-0.39, 0.29) is 17.2 Å². The maximum Gasteiger partial charge on any atom is 0.269 e. The number of halogens is 2. The molecule has 0 amide bonds. The van der Waals surface area contributed by atoms with E-state index in [4.69, 9.17) is 16.3 Å². The Morgan fingerprint density at radius 2 is 2.10 bits per heavy atom. The highest BCUT2D eigenvalue weighted by atomic mass is 35.5. The van der Waals surface area contributed by atoms with Crippen molar-refractivity contribution in [2.45, 2.75) is 6.92 Å². The number of hydrogen-bond acceptors (Lipinski definition) is 2. The van der Waals surface area contributed by atoms with Crippen LogP contribution in [-0.2, 0) is 7.05 Å². The summed E-state index contributed by atoms with van der Waals surface area (Å²) in [7, 11) is 1.55. The van der Waals surface area contributed by atoms with E-state index < -0.39 is 5.82 Å². The number of benzene rings is 1. The standard InChI is InChI=1S/C16H13ClFNO2/c1-3-4-9-21-11-5-6-12(14(18)10-11)15-8-7-13(17)16(20)19(15)2/h5-8,10H,9H2,1-2H3. The van der Waals surface area contributed by atoms with Gasteiger partial charge in [-0.1, -0.05) is 17.5 Å². The minimum atomic E-state index is -0.478. The Kier molecular flexibility index (Phi) is 4.66. The summed E-state index contributed by atoms with van der Waals surface area (Å²) in [5.41, 5.74) is 0.383. The molecule has 0 aliphatic carbocycles. The summed E-state index contributed by atoms with van der Waals surface area (Å²) < 4.78 is 20.8. The fraction of sp³-hybridized carbons (Fsp3) is 0.188. The molecule has 1 aromatic heterocycles. The van der Waals surface area contributed by atoms with E-state index in [2.05, 4.69) is 11.8 Å². The zero-order chi connectivity index (χ0) is 15.4. The molecule has 0 bridgehead atoms. The molecule has 0 aliphatic rings. The summed E-state index contributed by atoms with van der Waals surface area (Å²) in [6.07, 6.45) is 0. The van der Waals surface area contributed by atoms with Crippen molar-refractivity contribution in [1.82, 2.24) is 4.57 Å². The van der Waals surface area contributed by atoms with Gasteiger partial charge in [0, 0.05) is 18.7 Å². The SMILES string of the molecule is CC#CCOc1ccc(-c2ccc(Cl)c(=O)n2C)c(F)c1. The molecule has 5 heteroatoms. The van der Waals surface area contributed by atoms with Crippen LogP contribution in [0.15, 0.2) is 35.1 Å². The minimum absolute atomic E-state index is 0.0970. The monoisotopic (exact) mass is 305 g/mol. The Hall–Kier alpha value is -2.25. The summed E-state index contributed by atoms with van der Waals surface area (Å²) in [6, 6.07) is 7.53. The normalized spacial score (nSPS) is 9.90. The Morgan fingerprint density at radius 1 is 1.33 bits per heavy atom. The smallest absolute Gasteiger partial charge is 0.269 e. The molecule has 21 heavy (non-hydrogen) atoms. The number of pyridine rings is 1. The topological polar surface area (TPSA) is 31.2 Å². The fourth-order valence-corrected chi connectivity index (χ4v) is 2.05. The molecule has 0 radical (unpaired) electrons. The third-order valence-electron chi connectivity index (χ3n) is 2.96. The molecule has 0 spiro atoms. The molecule has 0 aliphatic heterocycles. The van der Waals surface area contributed by atoms with E-state index in [1.165, 1.54) is 16.7 Å². The molecule has 0 atom stereocenters. The molecule has 1 heterocycles. The lowest BCUT2D eigenvalue weighted by Gasteiger charge is -2.11. The minimum Gasteiger partial charge on any atom is -0.481 e. The van der Waals surface area contributed by atoms with Gasteiger partial charge >= 0.3 is 0 Å². The van der Waals surface area contributed by atoms with Gasteiger partial charge in [0.15, 0.2) is 0 Å². The van der Waals surface area contributed by atoms with Crippen molar-refractivity contribution in [2.24, 2.45) is 7.05 Å². The van der Waals surface area contributed by atoms with Crippen molar-refractivity contribution in [3.8, 4) is 28.8 Å². The van der Waals surface area contributed by atoms with Crippen LogP contribution in [0.5, 0.6) is 5.75 Å². The second-order valence-electron chi connectivity index (χ2n) is 4.29. The molecule has 1 aromatic carbocycles. The molecule has 0 unspecified atom stereocenters. The molecule has 108 valence electrons. The second kappa shape index (κ2) is 6.47. The summed E-state index contributed by atoms with van der Waals surface area (Å²) in [4.78, 5) is 11.8. The van der Waals surface area contributed by atoms with Gasteiger partial charge in [-0.3, -0.25) is 4.79 Å². The lowest BCUT2D eigenvalue weighted by atomic mass is 10.1. The van der Waals surface area contributed by atoms with Gasteiger partial charge in [-0.15, -0.1) is 5.92 Å². The van der Waals surface area contributed by atoms with Crippen LogP contribution in [0.4, 0.5) is 4.39 Å². The van der Waals surface area contributed by atoms with Crippen LogP contribution >= 0.6 is 11.6 Å². The number of rotatable bonds is 3. The molecule has 2 aromatic rings. The molecule has 0 fully saturated rings. The quantitative estimate of drug-likeness (QED) is 0.815. The van der Waals surface area contributed by atoms with Crippen LogP contribution in [0.3, 0.4) is 0 Å². The third-order valence-corrected chi connectivity index (χ3v) is 3.25. The fourth-order valence-electron chi connectivity index (χ4n) is 1.86. The zero-order valence-corrected chi connectivity index (χ0v) is 12.4. The van der Waals surface area contributed by atoms with Gasteiger partial charge in [-0.2, -0.15) is 0 Å². The van der Waals surface area contributed by atoms with Crippen LogP contribution in [0.2, 0.25) is 5.02 Å². The number of aromatic nitrogens is 1. The van der Waals surface area contributed by atoms with Gasteiger partial charge in [-0.25, -0.2) is 4.39 Å². The van der Waals surface area contributed by atoms with Crippen molar-refractivity contribution in [2.75, 3.05) is 6.61 Å². The van der Waals surface area contributed by atoms with E-state index in [1.54, 1.807) is 32.2 Å². The van der Waals surface area contributed by atoms with Crippen LogP contribution in [0.1, 0.15) is 6.92 Å². The highest BCUT2D eigenvalue weighted by molar-refractivity contribution is 6.30. The first-order valence-electron chi connectivity index (χ1n) is 6.22. The van der Waals surface area contributed by atoms with E-state index in [0.29, 0.717) is 17.0 Å². The van der Waals surface area contributed by atoms with Gasteiger partial charge in [0.1, 0.15) is 23.2 Å². The van der Waals surface area contributed by atoms with E-state index in [0.717, 1.165) is 0 Å². The molecule has 0 saturated carbocycles. The van der Waals surface area contributed by atoms with Gasteiger partial charge < -0.3 is 9.30 Å². The maximum absolute atomic E-state index is 14.2. The van der Waals surface area contributed by atoms with Crippen molar-refractivity contribution < 1.29 is 9.13 Å². The van der Waals surface area contributed by atoms with E-state index in [9.17, 15) is 9.18 Å². The molecular weight excluding hydrogens is 293 g/mol. The predicted octanol–water partition coefficient (Wildman–Crippen LogP) is 3.25. The van der Waals surface area contributed by atoms with Crippen molar-refractivity contribution in [1.29, 1.82) is 0 Å². The maximum atomic E-state index is 14.2. The predicted molar refractivity (Wildman–Crippen MR) is 81.0 cm³/mol. The average molecular weight is 306 g/mol. The Morgan fingerprint density at radius 3 is 2.76 bits per heavy atom. The summed E-state index contributed by atoms with van der Waals surface area (Å²) >= 11 is 5.75. The number of ether oxygens (including phenoxy) is 1. The molecule has 2 rings (SSSR count). The van der Waals surface area contributed by atoms with Crippen molar-refractivity contribution >= 4 is 11.6 Å². The number of nitrogens with zero attached hydrogens (tertiary/aromatic N) is 1. The van der Waals surface area contributed by atoms with Crippen LogP contribution < -0.4 is 10.3 Å². The Balaban J connectivity index is 2.39. The van der Waals surface area contributed by atoms with Gasteiger partial charge in [-0.05, 0) is 31.2 Å². The second-order valence-corrected chi connectivity index (χ2v) is 4.69. The highest BCUT2D eigenvalue weighted by Crippen LogP contribution is 2.25. The summed E-state index contributed by atoms with van der Waals surface area (Å²) in [6.45, 7) is 1.91. The highest BCUT2D eigenvalue weighted by Gasteiger charge is 2.11. The van der Waals surface area contributed by atoms with Crippen LogP contribution in [-0.4, -0.2) is 11.2 Å². The molecular formula is C16H13ClFNO2. The lowest BCUT2D eigenvalue weighted by Crippen LogP contribution is -2.18. The summed E-state index contributed by atoms with van der Waals surface area (Å²) in [5, 5.41) is 0.0970.